The Kier molecular flexibility index (Phi) is 4.87. The van der Waals surface area contributed by atoms with Crippen molar-refractivity contribution < 1.29 is 27.8 Å². The van der Waals surface area contributed by atoms with Crippen LogP contribution in [0.5, 0.6) is 5.75 Å². The summed E-state index contributed by atoms with van der Waals surface area (Å²) >= 11 is 0. The van der Waals surface area contributed by atoms with Crippen molar-refractivity contribution in [2.75, 3.05) is 6.61 Å². The molecule has 142 valence electrons. The maximum absolute atomic E-state index is 13.5. The van der Waals surface area contributed by atoms with Crippen molar-refractivity contribution in [3.63, 3.8) is 0 Å². The summed E-state index contributed by atoms with van der Waals surface area (Å²) in [6, 6.07) is 9.65. The first kappa shape index (κ1) is 18.8. The van der Waals surface area contributed by atoms with Gasteiger partial charge in [-0.05, 0) is 43.7 Å². The Balaban J connectivity index is 2.30. The number of aromatic hydroxyl groups is 1. The number of alkyl halides is 3. The minimum Gasteiger partial charge on any atom is -0.508 e. The summed E-state index contributed by atoms with van der Waals surface area (Å²) in [6.45, 7) is 3.55. The molecule has 27 heavy (non-hydrogen) atoms. The van der Waals surface area contributed by atoms with Gasteiger partial charge in [-0.25, -0.2) is 0 Å². The Morgan fingerprint density at radius 3 is 2.56 bits per heavy atom. The van der Waals surface area contributed by atoms with Crippen LogP contribution in [-0.2, 0) is 22.1 Å². The summed E-state index contributed by atoms with van der Waals surface area (Å²) in [5.74, 6) is -0.537. The third-order valence-electron chi connectivity index (χ3n) is 4.40. The lowest BCUT2D eigenvalue weighted by molar-refractivity contribution is -0.142. The third kappa shape index (κ3) is 3.49. The number of ether oxygens (including phenoxy) is 1. The molecule has 0 spiro atoms. The van der Waals surface area contributed by atoms with Crippen molar-refractivity contribution in [2.45, 2.75) is 26.4 Å². The van der Waals surface area contributed by atoms with Gasteiger partial charge in [0.1, 0.15) is 5.75 Å². The Bertz CT molecular complexity index is 1010. The quantitative estimate of drug-likeness (QED) is 0.667. The molecule has 4 nitrogen and oxygen atoms in total. The number of phenolic OH excluding ortho intramolecular Hbond substituents is 1. The highest BCUT2D eigenvalue weighted by molar-refractivity contribution is 5.91. The molecular weight excluding hydrogens is 359 g/mol. The van der Waals surface area contributed by atoms with Gasteiger partial charge in [-0.3, -0.25) is 4.79 Å². The van der Waals surface area contributed by atoms with Gasteiger partial charge in [0, 0.05) is 17.1 Å². The number of esters is 1. The van der Waals surface area contributed by atoms with Gasteiger partial charge in [0.25, 0.3) is 0 Å². The molecule has 0 amide bonds. The number of nitrogens with zero attached hydrogens (tertiary/aromatic N) is 1. The number of carbonyl (C=O) groups is 1. The lowest BCUT2D eigenvalue weighted by atomic mass is 10.1. The molecule has 1 heterocycles. The smallest absolute Gasteiger partial charge is 0.418 e. The Morgan fingerprint density at radius 2 is 1.89 bits per heavy atom. The molecule has 0 aliphatic heterocycles. The standard InChI is InChI=1S/C20H18F3NO3/c1-3-27-19(26)11-15-12(2)24(18-10-13(25)8-9-14(15)18)17-7-5-4-6-16(17)20(21,22)23/h4-10,25H,3,11H2,1-2H3. The number of halogens is 3. The van der Waals surface area contributed by atoms with E-state index < -0.39 is 17.7 Å². The number of benzene rings is 2. The zero-order valence-electron chi connectivity index (χ0n) is 14.8. The second kappa shape index (κ2) is 6.98. The number of rotatable bonds is 4. The first-order chi connectivity index (χ1) is 12.7. The molecule has 7 heteroatoms. The number of carbonyl (C=O) groups excluding carboxylic acids is 1. The molecule has 0 unspecified atom stereocenters. The van der Waals surface area contributed by atoms with Gasteiger partial charge in [-0.2, -0.15) is 13.2 Å². The lowest BCUT2D eigenvalue weighted by Gasteiger charge is -2.16. The average molecular weight is 377 g/mol. The molecular formula is C20H18F3NO3. The van der Waals surface area contributed by atoms with E-state index in [1.807, 2.05) is 0 Å². The number of hydrogen-bond acceptors (Lipinski definition) is 3. The van der Waals surface area contributed by atoms with Crippen molar-refractivity contribution in [1.82, 2.24) is 4.57 Å². The predicted molar refractivity (Wildman–Crippen MR) is 95.0 cm³/mol. The maximum atomic E-state index is 13.5. The topological polar surface area (TPSA) is 51.5 Å². The SMILES string of the molecule is CCOC(=O)Cc1c(C)n(-c2ccccc2C(F)(F)F)c2cc(O)ccc12. The molecule has 1 aromatic heterocycles. The molecule has 2 aromatic carbocycles. The first-order valence-electron chi connectivity index (χ1n) is 8.39. The van der Waals surface area contributed by atoms with E-state index in [-0.39, 0.29) is 24.5 Å². The van der Waals surface area contributed by atoms with Crippen molar-refractivity contribution in [2.24, 2.45) is 0 Å². The minimum atomic E-state index is -4.54. The minimum absolute atomic E-state index is 0.0618. The highest BCUT2D eigenvalue weighted by Crippen LogP contribution is 2.38. The normalized spacial score (nSPS) is 11.7. The van der Waals surface area contributed by atoms with Crippen LogP contribution >= 0.6 is 0 Å². The summed E-state index contributed by atoms with van der Waals surface area (Å²) < 4.78 is 47.0. The fraction of sp³-hybridized carbons (Fsp3) is 0.250. The van der Waals surface area contributed by atoms with E-state index in [1.165, 1.54) is 34.9 Å². The van der Waals surface area contributed by atoms with Crippen LogP contribution in [0.1, 0.15) is 23.7 Å². The number of para-hydroxylation sites is 1. The van der Waals surface area contributed by atoms with Gasteiger partial charge < -0.3 is 14.4 Å². The zero-order valence-corrected chi connectivity index (χ0v) is 14.8. The number of phenols is 1. The lowest BCUT2D eigenvalue weighted by Crippen LogP contribution is -2.12. The van der Waals surface area contributed by atoms with E-state index >= 15 is 0 Å². The second-order valence-electron chi connectivity index (χ2n) is 6.10. The summed E-state index contributed by atoms with van der Waals surface area (Å²) in [6.07, 6.45) is -4.61. The van der Waals surface area contributed by atoms with Gasteiger partial charge in [0.05, 0.1) is 29.8 Å². The van der Waals surface area contributed by atoms with Crippen LogP contribution in [0.4, 0.5) is 13.2 Å². The van der Waals surface area contributed by atoms with E-state index in [4.69, 9.17) is 4.74 Å². The highest BCUT2D eigenvalue weighted by Gasteiger charge is 2.34. The number of aromatic nitrogens is 1. The van der Waals surface area contributed by atoms with Crippen molar-refractivity contribution >= 4 is 16.9 Å². The second-order valence-corrected chi connectivity index (χ2v) is 6.10. The number of fused-ring (bicyclic) bond motifs is 1. The predicted octanol–water partition coefficient (Wildman–Crippen LogP) is 4.77. The van der Waals surface area contributed by atoms with Crippen LogP contribution in [0.25, 0.3) is 16.6 Å². The fourth-order valence-electron chi connectivity index (χ4n) is 3.27. The average Bonchev–Trinajstić information content (AvgIpc) is 2.85. The van der Waals surface area contributed by atoms with E-state index in [2.05, 4.69) is 0 Å². The monoisotopic (exact) mass is 377 g/mol. The van der Waals surface area contributed by atoms with Crippen LogP contribution in [0.2, 0.25) is 0 Å². The van der Waals surface area contributed by atoms with Crippen molar-refractivity contribution in [3.8, 4) is 11.4 Å². The van der Waals surface area contributed by atoms with Gasteiger partial charge in [-0.15, -0.1) is 0 Å². The molecule has 3 rings (SSSR count). The largest absolute Gasteiger partial charge is 0.508 e. The molecule has 0 saturated heterocycles. The van der Waals surface area contributed by atoms with Gasteiger partial charge in [0.15, 0.2) is 0 Å². The van der Waals surface area contributed by atoms with Crippen molar-refractivity contribution in [3.05, 3.63) is 59.3 Å². The number of hydrogen-bond donors (Lipinski definition) is 1. The van der Waals surface area contributed by atoms with Crippen LogP contribution in [0.3, 0.4) is 0 Å². The molecule has 0 radical (unpaired) electrons. The Hall–Kier alpha value is -2.96. The van der Waals surface area contributed by atoms with Gasteiger partial charge >= 0.3 is 12.1 Å². The summed E-state index contributed by atoms with van der Waals surface area (Å²) in [7, 11) is 0. The van der Waals surface area contributed by atoms with Crippen LogP contribution < -0.4 is 0 Å². The van der Waals surface area contributed by atoms with Crippen LogP contribution in [0, 0.1) is 6.92 Å². The third-order valence-corrected chi connectivity index (χ3v) is 4.40. The van der Waals surface area contributed by atoms with Crippen LogP contribution in [0.15, 0.2) is 42.5 Å². The Labute approximate surface area is 153 Å². The Morgan fingerprint density at radius 1 is 1.19 bits per heavy atom. The van der Waals surface area contributed by atoms with Gasteiger partial charge in [0.2, 0.25) is 0 Å². The molecule has 0 bridgehead atoms. The summed E-state index contributed by atoms with van der Waals surface area (Å²) in [5.41, 5.74) is 0.591. The summed E-state index contributed by atoms with van der Waals surface area (Å²) in [4.78, 5) is 12.0. The molecule has 1 N–H and O–H groups in total. The molecule has 0 saturated carbocycles. The molecule has 0 atom stereocenters. The molecule has 0 aliphatic carbocycles. The zero-order chi connectivity index (χ0) is 19.8. The van der Waals surface area contributed by atoms with Crippen LogP contribution in [-0.4, -0.2) is 22.2 Å². The van der Waals surface area contributed by atoms with E-state index in [1.54, 1.807) is 19.9 Å². The molecule has 0 aliphatic rings. The molecule has 3 aromatic rings. The van der Waals surface area contributed by atoms with Gasteiger partial charge in [-0.1, -0.05) is 12.1 Å². The fourth-order valence-corrected chi connectivity index (χ4v) is 3.27. The maximum Gasteiger partial charge on any atom is 0.418 e. The first-order valence-corrected chi connectivity index (χ1v) is 8.39. The van der Waals surface area contributed by atoms with E-state index in [0.717, 1.165) is 6.07 Å². The molecule has 0 fully saturated rings. The van der Waals surface area contributed by atoms with Crippen molar-refractivity contribution in [1.29, 1.82) is 0 Å². The van der Waals surface area contributed by atoms with E-state index in [9.17, 15) is 23.1 Å². The highest BCUT2D eigenvalue weighted by atomic mass is 19.4. The summed E-state index contributed by atoms with van der Waals surface area (Å²) in [5, 5.41) is 10.5. The van der Waals surface area contributed by atoms with E-state index in [0.29, 0.717) is 22.2 Å².